The van der Waals surface area contributed by atoms with Crippen LogP contribution < -0.4 is 14.8 Å². The van der Waals surface area contributed by atoms with Gasteiger partial charge in [0.15, 0.2) is 5.57 Å². The second-order valence-corrected chi connectivity index (χ2v) is 6.34. The van der Waals surface area contributed by atoms with Crippen LogP contribution in [0.5, 0.6) is 0 Å². The van der Waals surface area contributed by atoms with Crippen LogP contribution in [0.2, 0.25) is 0 Å². The summed E-state index contributed by atoms with van der Waals surface area (Å²) in [5, 5.41) is 20.1. The lowest BCUT2D eigenvalue weighted by Gasteiger charge is -2.01. The normalized spacial score (nSPS) is 11.1. The number of thiazole rings is 1. The Balaban J connectivity index is 2.64. The Hall–Kier alpha value is -2.19. The summed E-state index contributed by atoms with van der Waals surface area (Å²) in [6, 6.07) is 7.55. The minimum Gasteiger partial charge on any atom is -0.385 e. The molecule has 0 aliphatic carbocycles. The predicted octanol–water partition coefficient (Wildman–Crippen LogP) is 1.03. The molecule has 0 unspecified atom stereocenters. The van der Waals surface area contributed by atoms with E-state index >= 15 is 0 Å². The van der Waals surface area contributed by atoms with Gasteiger partial charge >= 0.3 is 0 Å². The Morgan fingerprint density at radius 3 is 2.82 bits per heavy atom. The van der Waals surface area contributed by atoms with Crippen molar-refractivity contribution in [2.45, 2.75) is 13.0 Å². The third-order valence-electron chi connectivity index (χ3n) is 2.89. The molecule has 0 saturated carbocycles. The number of thiophene rings is 1. The Morgan fingerprint density at radius 2 is 2.23 bits per heavy atom. The first-order valence-corrected chi connectivity index (χ1v) is 8.19. The number of rotatable bonds is 5. The van der Waals surface area contributed by atoms with E-state index in [0.717, 1.165) is 4.88 Å². The number of hydrogen-bond acceptors (Lipinski definition) is 6. The number of nitrogens with zero attached hydrogens (tertiary/aromatic N) is 3. The van der Waals surface area contributed by atoms with E-state index in [1.165, 1.54) is 27.2 Å². The van der Waals surface area contributed by atoms with Crippen LogP contribution in [0, 0.1) is 22.7 Å². The van der Waals surface area contributed by atoms with Crippen molar-refractivity contribution in [1.82, 2.24) is 4.57 Å². The van der Waals surface area contributed by atoms with Gasteiger partial charge in [-0.1, -0.05) is 6.07 Å². The van der Waals surface area contributed by atoms with Crippen molar-refractivity contribution in [3.63, 3.8) is 0 Å². The third kappa shape index (κ3) is 3.52. The molecule has 2 aromatic rings. The lowest BCUT2D eigenvalue weighted by Crippen LogP contribution is -2.32. The summed E-state index contributed by atoms with van der Waals surface area (Å²) >= 11 is 2.71. The van der Waals surface area contributed by atoms with Gasteiger partial charge in [-0.05, 0) is 23.9 Å². The molecule has 2 rings (SSSR count). The molecule has 0 aliphatic rings. The van der Waals surface area contributed by atoms with Gasteiger partial charge in [0.05, 0.1) is 4.53 Å². The molecule has 0 fully saturated rings. The van der Waals surface area contributed by atoms with Gasteiger partial charge in [-0.2, -0.15) is 10.5 Å². The summed E-state index contributed by atoms with van der Waals surface area (Å²) in [5.41, 5.74) is -0.210. The lowest BCUT2D eigenvalue weighted by molar-refractivity contribution is 0.190. The fourth-order valence-electron chi connectivity index (χ4n) is 1.90. The molecular weight excluding hydrogens is 318 g/mol. The monoisotopic (exact) mass is 331 g/mol. The van der Waals surface area contributed by atoms with E-state index in [-0.39, 0.29) is 11.1 Å². The van der Waals surface area contributed by atoms with E-state index in [9.17, 15) is 4.79 Å². The van der Waals surface area contributed by atoms with Gasteiger partial charge in [0.1, 0.15) is 16.8 Å². The van der Waals surface area contributed by atoms with E-state index in [1.54, 1.807) is 13.2 Å². The van der Waals surface area contributed by atoms with Crippen molar-refractivity contribution in [1.29, 1.82) is 10.5 Å². The summed E-state index contributed by atoms with van der Waals surface area (Å²) in [6.45, 7) is 0.934. The summed E-state index contributed by atoms with van der Waals surface area (Å²) in [7, 11) is 1.59. The van der Waals surface area contributed by atoms with Gasteiger partial charge < -0.3 is 4.74 Å². The average Bonchev–Trinajstić information content (AvgIpc) is 3.13. The van der Waals surface area contributed by atoms with Crippen molar-refractivity contribution in [2.75, 3.05) is 13.7 Å². The van der Waals surface area contributed by atoms with Gasteiger partial charge in [0.2, 0.25) is 0 Å². The molecule has 0 bridgehead atoms. The average molecular weight is 331 g/mol. The summed E-state index contributed by atoms with van der Waals surface area (Å²) in [6.07, 6.45) is 2.43. The molecule has 0 N–H and O–H groups in total. The highest BCUT2D eigenvalue weighted by Crippen LogP contribution is 2.08. The van der Waals surface area contributed by atoms with Gasteiger partial charge in [-0.25, -0.2) is 0 Å². The Morgan fingerprint density at radius 1 is 1.45 bits per heavy atom. The minimum absolute atomic E-state index is 0.0367. The molecule has 2 heterocycles. The molecule has 0 atom stereocenters. The lowest BCUT2D eigenvalue weighted by atomic mass is 10.3. The highest BCUT2D eigenvalue weighted by atomic mass is 32.1. The second kappa shape index (κ2) is 7.71. The van der Waals surface area contributed by atoms with E-state index in [4.69, 9.17) is 15.3 Å². The SMILES string of the molecule is COCCCn1c(=C(C#N)C#N)s/c(=C\c2cccs2)c1=O. The zero-order valence-electron chi connectivity index (χ0n) is 11.9. The third-order valence-corrected chi connectivity index (χ3v) is 4.84. The molecule has 0 radical (unpaired) electrons. The van der Waals surface area contributed by atoms with Crippen LogP contribution in [-0.2, 0) is 11.3 Å². The first-order valence-electron chi connectivity index (χ1n) is 6.49. The molecular formula is C15H13N3O2S2. The Kier molecular flexibility index (Phi) is 5.68. The van der Waals surface area contributed by atoms with E-state index < -0.39 is 0 Å². The van der Waals surface area contributed by atoms with Crippen LogP contribution in [0.15, 0.2) is 22.3 Å². The maximum Gasteiger partial charge on any atom is 0.269 e. The Bertz CT molecular complexity index is 877. The topological polar surface area (TPSA) is 78.8 Å². The molecule has 0 saturated heterocycles. The molecule has 7 heteroatoms. The largest absolute Gasteiger partial charge is 0.385 e. The van der Waals surface area contributed by atoms with Crippen LogP contribution in [-0.4, -0.2) is 18.3 Å². The molecule has 112 valence electrons. The molecule has 0 aromatic carbocycles. The Labute approximate surface area is 135 Å². The van der Waals surface area contributed by atoms with Crippen molar-refractivity contribution in [3.05, 3.63) is 41.9 Å². The van der Waals surface area contributed by atoms with Crippen molar-refractivity contribution in [2.24, 2.45) is 0 Å². The summed E-state index contributed by atoms with van der Waals surface area (Å²) < 4.78 is 7.42. The van der Waals surface area contributed by atoms with Crippen LogP contribution in [0.25, 0.3) is 11.6 Å². The quantitative estimate of drug-likeness (QED) is 0.767. The van der Waals surface area contributed by atoms with E-state index in [0.29, 0.717) is 28.8 Å². The van der Waals surface area contributed by atoms with Crippen molar-refractivity contribution in [3.8, 4) is 12.1 Å². The molecule has 0 amide bonds. The van der Waals surface area contributed by atoms with Crippen LogP contribution in [0.3, 0.4) is 0 Å². The first kappa shape index (κ1) is 16.2. The van der Waals surface area contributed by atoms with Gasteiger partial charge in [0.25, 0.3) is 5.56 Å². The van der Waals surface area contributed by atoms with Crippen molar-refractivity contribution < 1.29 is 4.74 Å². The molecule has 2 aromatic heterocycles. The van der Waals surface area contributed by atoms with Crippen LogP contribution in [0.4, 0.5) is 0 Å². The van der Waals surface area contributed by atoms with Crippen LogP contribution in [0.1, 0.15) is 11.3 Å². The number of ether oxygens (including phenoxy) is 1. The van der Waals surface area contributed by atoms with Gasteiger partial charge in [-0.15, -0.1) is 22.7 Å². The second-order valence-electron chi connectivity index (χ2n) is 4.33. The minimum atomic E-state index is -0.174. The number of methoxy groups -OCH3 is 1. The van der Waals surface area contributed by atoms with Crippen molar-refractivity contribution >= 4 is 34.3 Å². The fourth-order valence-corrected chi connectivity index (χ4v) is 3.70. The fraction of sp³-hybridized carbons (Fsp3) is 0.267. The zero-order valence-corrected chi connectivity index (χ0v) is 13.5. The number of aromatic nitrogens is 1. The van der Waals surface area contributed by atoms with Crippen LogP contribution >= 0.6 is 22.7 Å². The molecule has 0 aliphatic heterocycles. The standard InChI is InChI=1S/C15H13N3O2S2/c1-20-6-3-5-18-14(19)13(8-12-4-2-7-21-12)22-15(18)11(9-16)10-17/h2,4,7-8H,3,5-6H2,1H3/b13-8-. The molecule has 22 heavy (non-hydrogen) atoms. The summed E-state index contributed by atoms with van der Waals surface area (Å²) in [4.78, 5) is 13.5. The maximum atomic E-state index is 12.5. The van der Waals surface area contributed by atoms with Gasteiger partial charge in [-0.3, -0.25) is 9.36 Å². The van der Waals surface area contributed by atoms with Gasteiger partial charge in [0, 0.05) is 25.1 Å². The number of hydrogen-bond donors (Lipinski definition) is 0. The highest BCUT2D eigenvalue weighted by Gasteiger charge is 2.09. The smallest absolute Gasteiger partial charge is 0.269 e. The molecule has 5 nitrogen and oxygen atoms in total. The first-order chi connectivity index (χ1) is 10.7. The van der Waals surface area contributed by atoms with E-state index in [2.05, 4.69) is 0 Å². The maximum absolute atomic E-state index is 12.5. The number of nitriles is 2. The summed E-state index contributed by atoms with van der Waals surface area (Å²) in [5.74, 6) is 0. The predicted molar refractivity (Wildman–Crippen MR) is 86.8 cm³/mol. The molecule has 0 spiro atoms. The highest BCUT2D eigenvalue weighted by molar-refractivity contribution is 7.11. The van der Waals surface area contributed by atoms with E-state index in [1.807, 2.05) is 29.7 Å². The zero-order chi connectivity index (χ0) is 15.9.